The molecular weight excluding hydrogens is 1190 g/mol. The van der Waals surface area contributed by atoms with E-state index in [0.717, 1.165) is 93.9 Å². The van der Waals surface area contributed by atoms with Gasteiger partial charge in [-0.25, -0.2) is 0 Å². The summed E-state index contributed by atoms with van der Waals surface area (Å²) in [6.07, 6.45) is 0. The van der Waals surface area contributed by atoms with E-state index < -0.39 is 0 Å². The molecule has 0 atom stereocenters. The molecule has 2 heteroatoms. The number of para-hydroxylation sites is 2. The Kier molecular flexibility index (Phi) is 12.7. The molecule has 0 unspecified atom stereocenters. The Bertz CT molecular complexity index is 6550. The van der Waals surface area contributed by atoms with E-state index in [2.05, 4.69) is 352 Å². The maximum absolute atomic E-state index is 7.12. The molecule has 0 radical (unpaired) electrons. The van der Waals surface area contributed by atoms with Crippen LogP contribution in [0.4, 0.5) is 0 Å². The molecule has 2 heterocycles. The minimum Gasteiger partial charge on any atom is -0.455 e. The monoisotopic (exact) mass is 1240 g/mol. The van der Waals surface area contributed by atoms with Gasteiger partial charge in [-0.15, -0.1) is 0 Å². The number of rotatable bonds is 9. The van der Waals surface area contributed by atoms with Crippen LogP contribution in [-0.2, 0) is 0 Å². The van der Waals surface area contributed by atoms with Gasteiger partial charge in [-0.3, -0.25) is 0 Å². The largest absolute Gasteiger partial charge is 0.455 e. The molecule has 454 valence electrons. The fourth-order valence-electron chi connectivity index (χ4n) is 16.3. The van der Waals surface area contributed by atoms with Crippen LogP contribution in [0.15, 0.2) is 361 Å². The normalized spacial score (nSPS) is 11.9. The summed E-state index contributed by atoms with van der Waals surface area (Å²) < 4.78 is 14.0. The molecular formula is C96H58O2. The maximum atomic E-state index is 7.12. The van der Waals surface area contributed by atoms with E-state index in [1.807, 2.05) is 0 Å². The number of fused-ring (bicyclic) bond motifs is 12. The van der Waals surface area contributed by atoms with Gasteiger partial charge < -0.3 is 8.83 Å². The van der Waals surface area contributed by atoms with Crippen LogP contribution in [0.3, 0.4) is 0 Å². The smallest absolute Gasteiger partial charge is 0.143 e. The fraction of sp³-hybridized carbons (Fsp3) is 0. The summed E-state index contributed by atoms with van der Waals surface area (Å²) in [6, 6.07) is 129. The average molecular weight is 1240 g/mol. The molecule has 0 N–H and O–H groups in total. The van der Waals surface area contributed by atoms with Gasteiger partial charge in [0.15, 0.2) is 0 Å². The van der Waals surface area contributed by atoms with Crippen LogP contribution in [0.5, 0.6) is 0 Å². The van der Waals surface area contributed by atoms with Crippen molar-refractivity contribution < 1.29 is 8.83 Å². The molecule has 0 amide bonds. The number of hydrogen-bond acceptors (Lipinski definition) is 2. The zero-order chi connectivity index (χ0) is 64.4. The Labute approximate surface area is 565 Å². The van der Waals surface area contributed by atoms with Crippen molar-refractivity contribution in [1.82, 2.24) is 0 Å². The van der Waals surface area contributed by atoms with Crippen LogP contribution < -0.4 is 0 Å². The average Bonchev–Trinajstić information content (AvgIpc) is 1.24. The topological polar surface area (TPSA) is 26.3 Å². The van der Waals surface area contributed by atoms with Crippen LogP contribution in [0.2, 0.25) is 0 Å². The molecule has 0 aliphatic heterocycles. The summed E-state index contributed by atoms with van der Waals surface area (Å²) in [5, 5.41) is 18.9. The molecule has 98 heavy (non-hydrogen) atoms. The first kappa shape index (κ1) is 55.6. The van der Waals surface area contributed by atoms with Crippen LogP contribution >= 0.6 is 0 Å². The third kappa shape index (κ3) is 8.75. The Morgan fingerprint density at radius 2 is 0.510 bits per heavy atom. The molecule has 20 aromatic rings. The highest BCUT2D eigenvalue weighted by Gasteiger charge is 2.26. The first-order chi connectivity index (χ1) is 48.6. The first-order valence-corrected chi connectivity index (χ1v) is 33.8. The van der Waals surface area contributed by atoms with E-state index >= 15 is 0 Å². The van der Waals surface area contributed by atoms with Gasteiger partial charge in [-0.05, 0) is 190 Å². The van der Waals surface area contributed by atoms with Gasteiger partial charge in [-0.1, -0.05) is 315 Å². The van der Waals surface area contributed by atoms with Crippen LogP contribution in [-0.4, -0.2) is 0 Å². The van der Waals surface area contributed by atoms with Gasteiger partial charge in [0.05, 0.1) is 0 Å². The second-order valence-electron chi connectivity index (χ2n) is 26.0. The van der Waals surface area contributed by atoms with Crippen molar-refractivity contribution >= 4 is 109 Å². The molecule has 0 saturated heterocycles. The van der Waals surface area contributed by atoms with Crippen LogP contribution in [0.25, 0.3) is 209 Å². The molecule has 0 bridgehead atoms. The van der Waals surface area contributed by atoms with E-state index in [1.54, 1.807) is 0 Å². The summed E-state index contributed by atoms with van der Waals surface area (Å²) in [4.78, 5) is 0. The van der Waals surface area contributed by atoms with Crippen molar-refractivity contribution in [2.75, 3.05) is 0 Å². The lowest BCUT2D eigenvalue weighted by Crippen LogP contribution is -1.94. The number of benzene rings is 18. The lowest BCUT2D eigenvalue weighted by Gasteiger charge is -2.21. The highest BCUT2D eigenvalue weighted by Crippen LogP contribution is 2.53. The second-order valence-corrected chi connectivity index (χ2v) is 26.0. The van der Waals surface area contributed by atoms with Crippen LogP contribution in [0.1, 0.15) is 0 Å². The molecule has 0 aliphatic rings. The van der Waals surface area contributed by atoms with Gasteiger partial charge in [0.2, 0.25) is 0 Å². The number of furan rings is 2. The van der Waals surface area contributed by atoms with Gasteiger partial charge in [0.25, 0.3) is 0 Å². The van der Waals surface area contributed by atoms with Gasteiger partial charge in [0.1, 0.15) is 22.3 Å². The Morgan fingerprint density at radius 1 is 0.153 bits per heavy atom. The molecule has 0 saturated carbocycles. The quantitative estimate of drug-likeness (QED) is 0.135. The Hall–Kier alpha value is -12.9. The summed E-state index contributed by atoms with van der Waals surface area (Å²) in [6.45, 7) is 0. The van der Waals surface area contributed by atoms with Crippen molar-refractivity contribution in [2.45, 2.75) is 0 Å². The van der Waals surface area contributed by atoms with Crippen molar-refractivity contribution in [3.63, 3.8) is 0 Å². The molecule has 0 spiro atoms. The standard InChI is InChI=1S/C96H58O2/c1-2-24-62(25-3-1)70-39-20-41-85-93-83(40-21-43-88(93)98-95(70)85)91-77-34-14-12-32-75(77)90(76-33-13-15-35-78(76)91)81-53-52-66(58-86(81)68-51-47-60-23-5-7-27-65(60)57-68)61-44-48-63(49-45-61)71-54-55-84(94-82-38-18-19-42-87(82)97-96(71)94)92-79-36-16-10-30-73(79)89(74-31-11-17-37-80(74)92)72-29-9-8-28-69(72)67-50-46-59-22-4-6-26-64(59)56-67/h1-58H. The predicted molar refractivity (Wildman–Crippen MR) is 415 cm³/mol. The lowest BCUT2D eigenvalue weighted by atomic mass is 9.82. The molecule has 2 nitrogen and oxygen atoms in total. The van der Waals surface area contributed by atoms with E-state index in [4.69, 9.17) is 8.83 Å². The molecule has 2 aromatic heterocycles. The Morgan fingerprint density at radius 3 is 1.11 bits per heavy atom. The lowest BCUT2D eigenvalue weighted by molar-refractivity contribution is 0.669. The third-order valence-corrected chi connectivity index (χ3v) is 20.7. The fourth-order valence-corrected chi connectivity index (χ4v) is 16.3. The summed E-state index contributed by atoms with van der Waals surface area (Å²) in [5.41, 5.74) is 24.4. The maximum Gasteiger partial charge on any atom is 0.143 e. The minimum absolute atomic E-state index is 0.862. The van der Waals surface area contributed by atoms with Crippen molar-refractivity contribution in [3.05, 3.63) is 352 Å². The van der Waals surface area contributed by atoms with Gasteiger partial charge in [0, 0.05) is 32.7 Å². The summed E-state index contributed by atoms with van der Waals surface area (Å²) in [7, 11) is 0. The van der Waals surface area contributed by atoms with Crippen molar-refractivity contribution in [3.8, 4) is 100 Å². The minimum atomic E-state index is 0.862. The van der Waals surface area contributed by atoms with E-state index in [0.29, 0.717) is 0 Å². The number of hydrogen-bond donors (Lipinski definition) is 0. The Balaban J connectivity index is 0.733. The first-order valence-electron chi connectivity index (χ1n) is 33.8. The summed E-state index contributed by atoms with van der Waals surface area (Å²) in [5.74, 6) is 0. The van der Waals surface area contributed by atoms with Crippen molar-refractivity contribution in [1.29, 1.82) is 0 Å². The summed E-state index contributed by atoms with van der Waals surface area (Å²) >= 11 is 0. The van der Waals surface area contributed by atoms with E-state index in [1.165, 1.54) is 115 Å². The highest BCUT2D eigenvalue weighted by molar-refractivity contribution is 6.29. The van der Waals surface area contributed by atoms with Gasteiger partial charge >= 0.3 is 0 Å². The van der Waals surface area contributed by atoms with Gasteiger partial charge in [-0.2, -0.15) is 0 Å². The second kappa shape index (κ2) is 22.4. The third-order valence-electron chi connectivity index (χ3n) is 20.7. The zero-order valence-corrected chi connectivity index (χ0v) is 53.3. The molecule has 0 fully saturated rings. The van der Waals surface area contributed by atoms with Crippen molar-refractivity contribution in [2.24, 2.45) is 0 Å². The SMILES string of the molecule is c1ccc(-c2cccc3c2oc2cccc(-c4c5ccccc5c(-c5ccc(-c6ccc(-c7ccc(-c8c9ccccc9c(-c9ccccc9-c9ccc%10ccccc%10c9)c9ccccc89)c8c7oc7ccccc78)cc6)cc5-c5ccc6ccccc6c5)c5ccccc45)c23)cc1. The highest BCUT2D eigenvalue weighted by atomic mass is 16.3. The zero-order valence-electron chi connectivity index (χ0n) is 53.3. The molecule has 0 aliphatic carbocycles. The van der Waals surface area contributed by atoms with E-state index in [-0.39, 0.29) is 0 Å². The predicted octanol–water partition coefficient (Wildman–Crippen LogP) is 27.4. The van der Waals surface area contributed by atoms with E-state index in [9.17, 15) is 0 Å². The molecule has 20 rings (SSSR count). The van der Waals surface area contributed by atoms with Crippen LogP contribution in [0, 0.1) is 0 Å². The molecule has 18 aromatic carbocycles.